The molecule has 0 aromatic heterocycles. The summed E-state index contributed by atoms with van der Waals surface area (Å²) in [5.41, 5.74) is 0. The molecular weight excluding hydrogens is 328 g/mol. The Morgan fingerprint density at radius 1 is 1.23 bits per heavy atom. The second kappa shape index (κ2) is 5.84. The molecule has 0 aliphatic carbocycles. The van der Waals surface area contributed by atoms with Crippen LogP contribution in [0.2, 0.25) is 0 Å². The van der Waals surface area contributed by atoms with E-state index in [4.69, 9.17) is 0 Å². The van der Waals surface area contributed by atoms with Gasteiger partial charge in [-0.3, -0.25) is 4.79 Å². The molecule has 122 valence electrons. The van der Waals surface area contributed by atoms with E-state index in [0.717, 1.165) is 28.6 Å². The molecule has 0 bridgehead atoms. The third-order valence-corrected chi connectivity index (χ3v) is 5.07. The first-order valence-corrected chi connectivity index (χ1v) is 7.68. The number of halogens is 4. The molecule has 0 spiro atoms. The van der Waals surface area contributed by atoms with Crippen molar-refractivity contribution in [3.05, 3.63) is 30.1 Å². The summed E-state index contributed by atoms with van der Waals surface area (Å²) in [6.07, 6.45) is -4.94. The van der Waals surface area contributed by atoms with Crippen LogP contribution in [0.25, 0.3) is 0 Å². The molecule has 1 unspecified atom stereocenters. The fourth-order valence-electron chi connectivity index (χ4n) is 2.09. The summed E-state index contributed by atoms with van der Waals surface area (Å²) in [7, 11) is -3.93. The molecule has 1 aromatic rings. The van der Waals surface area contributed by atoms with E-state index in [1.807, 2.05) is 0 Å². The summed E-state index contributed by atoms with van der Waals surface area (Å²) in [5.74, 6) is -2.70. The van der Waals surface area contributed by atoms with Gasteiger partial charge in [0, 0.05) is 19.1 Å². The zero-order valence-corrected chi connectivity index (χ0v) is 11.9. The lowest BCUT2D eigenvalue weighted by molar-refractivity contribution is -0.174. The Bertz CT molecular complexity index is 658. The maximum Gasteiger partial charge on any atom is 0.471 e. The zero-order valence-electron chi connectivity index (χ0n) is 11.1. The maximum absolute atomic E-state index is 12.8. The number of benzene rings is 1. The van der Waals surface area contributed by atoms with Gasteiger partial charge in [0.25, 0.3) is 0 Å². The molecule has 22 heavy (non-hydrogen) atoms. The normalized spacial score (nSPS) is 20.1. The Hall–Kier alpha value is -1.68. The predicted octanol–water partition coefficient (Wildman–Crippen LogP) is 1.27. The van der Waals surface area contributed by atoms with Crippen molar-refractivity contribution in [1.82, 2.24) is 9.62 Å². The fraction of sp³-hybridized carbons (Fsp3) is 0.417. The molecule has 1 N–H and O–H groups in total. The van der Waals surface area contributed by atoms with Crippen LogP contribution in [0.5, 0.6) is 0 Å². The number of rotatable bonds is 3. The summed E-state index contributed by atoms with van der Waals surface area (Å²) in [4.78, 5) is 10.7. The number of amides is 1. The molecule has 1 fully saturated rings. The summed E-state index contributed by atoms with van der Waals surface area (Å²) >= 11 is 0. The number of hydrogen-bond donors (Lipinski definition) is 1. The van der Waals surface area contributed by atoms with Crippen LogP contribution >= 0.6 is 0 Å². The number of nitrogens with one attached hydrogen (secondary N) is 1. The van der Waals surface area contributed by atoms with Gasteiger partial charge in [0.05, 0.1) is 4.90 Å². The van der Waals surface area contributed by atoms with E-state index in [0.29, 0.717) is 0 Å². The number of nitrogens with zero attached hydrogens (tertiary/aromatic N) is 1. The van der Waals surface area contributed by atoms with Gasteiger partial charge in [0.2, 0.25) is 10.0 Å². The average molecular weight is 340 g/mol. The lowest BCUT2D eigenvalue weighted by Gasteiger charge is -2.17. The largest absolute Gasteiger partial charge is 0.471 e. The highest BCUT2D eigenvalue weighted by atomic mass is 32.2. The SMILES string of the molecule is O=C(NC1CCN(S(=O)(=O)c2ccc(F)cc2)C1)C(F)(F)F. The van der Waals surface area contributed by atoms with Crippen molar-refractivity contribution in [2.45, 2.75) is 23.5 Å². The van der Waals surface area contributed by atoms with Gasteiger partial charge in [-0.15, -0.1) is 0 Å². The van der Waals surface area contributed by atoms with Gasteiger partial charge in [-0.1, -0.05) is 0 Å². The van der Waals surface area contributed by atoms with Crippen LogP contribution in [0, 0.1) is 5.82 Å². The van der Waals surface area contributed by atoms with E-state index in [1.54, 1.807) is 5.32 Å². The third-order valence-electron chi connectivity index (χ3n) is 3.20. The van der Waals surface area contributed by atoms with E-state index in [2.05, 4.69) is 0 Å². The van der Waals surface area contributed by atoms with Crippen molar-refractivity contribution in [1.29, 1.82) is 0 Å². The summed E-state index contributed by atoms with van der Waals surface area (Å²) in [6.45, 7) is -0.288. The van der Waals surface area contributed by atoms with Gasteiger partial charge >= 0.3 is 12.1 Å². The third kappa shape index (κ3) is 3.55. The molecule has 2 rings (SSSR count). The van der Waals surface area contributed by atoms with Crippen molar-refractivity contribution >= 4 is 15.9 Å². The van der Waals surface area contributed by atoms with Gasteiger partial charge < -0.3 is 5.32 Å². The predicted molar refractivity (Wildman–Crippen MR) is 67.8 cm³/mol. The molecule has 1 aromatic carbocycles. The molecule has 1 aliphatic heterocycles. The highest BCUT2D eigenvalue weighted by molar-refractivity contribution is 7.89. The molecule has 0 saturated carbocycles. The van der Waals surface area contributed by atoms with Gasteiger partial charge in [0.1, 0.15) is 5.82 Å². The van der Waals surface area contributed by atoms with Gasteiger partial charge in [-0.05, 0) is 30.7 Å². The molecule has 1 heterocycles. The number of hydrogen-bond acceptors (Lipinski definition) is 3. The first-order chi connectivity index (χ1) is 10.1. The van der Waals surface area contributed by atoms with E-state index in [1.165, 1.54) is 0 Å². The lowest BCUT2D eigenvalue weighted by atomic mass is 10.2. The summed E-state index contributed by atoms with van der Waals surface area (Å²) < 4.78 is 74.7. The zero-order chi connectivity index (χ0) is 16.5. The van der Waals surface area contributed by atoms with Crippen LogP contribution < -0.4 is 5.32 Å². The average Bonchev–Trinajstić information content (AvgIpc) is 2.87. The van der Waals surface area contributed by atoms with Crippen molar-refractivity contribution in [3.8, 4) is 0 Å². The minimum atomic E-state index is -5.01. The van der Waals surface area contributed by atoms with E-state index < -0.39 is 34.0 Å². The van der Waals surface area contributed by atoms with Crippen molar-refractivity contribution in [2.24, 2.45) is 0 Å². The maximum atomic E-state index is 12.8. The molecule has 1 aliphatic rings. The number of alkyl halides is 3. The van der Waals surface area contributed by atoms with Crippen LogP contribution in [-0.4, -0.2) is 43.9 Å². The molecule has 10 heteroatoms. The molecular formula is C12H12F4N2O3S. The Morgan fingerprint density at radius 3 is 2.36 bits per heavy atom. The quantitative estimate of drug-likeness (QED) is 0.843. The molecule has 1 atom stereocenters. The Labute approximate surface area is 124 Å². The minimum absolute atomic E-state index is 0.0253. The van der Waals surface area contributed by atoms with Gasteiger partial charge in [-0.25, -0.2) is 12.8 Å². The molecule has 1 saturated heterocycles. The van der Waals surface area contributed by atoms with Crippen LogP contribution in [0.15, 0.2) is 29.2 Å². The van der Waals surface area contributed by atoms with Crippen molar-refractivity contribution < 1.29 is 30.8 Å². The summed E-state index contributed by atoms with van der Waals surface area (Å²) in [6, 6.07) is 3.19. The smallest absolute Gasteiger partial charge is 0.344 e. The first-order valence-electron chi connectivity index (χ1n) is 6.24. The van der Waals surface area contributed by atoms with Crippen molar-refractivity contribution in [2.75, 3.05) is 13.1 Å². The number of carbonyl (C=O) groups is 1. The Kier molecular flexibility index (Phi) is 4.43. The first kappa shape index (κ1) is 16.7. The number of carbonyl (C=O) groups excluding carboxylic acids is 1. The highest BCUT2D eigenvalue weighted by Gasteiger charge is 2.41. The topological polar surface area (TPSA) is 66.5 Å². The number of sulfonamides is 1. The fourth-order valence-corrected chi connectivity index (χ4v) is 3.59. The van der Waals surface area contributed by atoms with Crippen molar-refractivity contribution in [3.63, 3.8) is 0 Å². The molecule has 1 amide bonds. The van der Waals surface area contributed by atoms with Crippen LogP contribution in [0.1, 0.15) is 6.42 Å². The molecule has 5 nitrogen and oxygen atoms in total. The highest BCUT2D eigenvalue weighted by Crippen LogP contribution is 2.22. The second-order valence-electron chi connectivity index (χ2n) is 4.77. The summed E-state index contributed by atoms with van der Waals surface area (Å²) in [5, 5.41) is 1.75. The van der Waals surface area contributed by atoms with Gasteiger partial charge in [0.15, 0.2) is 0 Å². The second-order valence-corrected chi connectivity index (χ2v) is 6.71. The van der Waals surface area contributed by atoms with E-state index in [9.17, 15) is 30.8 Å². The minimum Gasteiger partial charge on any atom is -0.344 e. The monoisotopic (exact) mass is 340 g/mol. The van der Waals surface area contributed by atoms with Crippen LogP contribution in [-0.2, 0) is 14.8 Å². The molecule has 0 radical (unpaired) electrons. The standard InChI is InChI=1S/C12H12F4N2O3S/c13-8-1-3-10(4-2-8)22(20,21)18-6-5-9(7-18)17-11(19)12(14,15)16/h1-4,9H,5-7H2,(H,17,19). The van der Waals surface area contributed by atoms with E-state index in [-0.39, 0.29) is 24.4 Å². The lowest BCUT2D eigenvalue weighted by Crippen LogP contribution is -2.44. The van der Waals surface area contributed by atoms with Crippen LogP contribution in [0.3, 0.4) is 0 Å². The van der Waals surface area contributed by atoms with E-state index >= 15 is 0 Å². The van der Waals surface area contributed by atoms with Crippen LogP contribution in [0.4, 0.5) is 17.6 Å². The Balaban J connectivity index is 2.06. The Morgan fingerprint density at radius 2 is 1.82 bits per heavy atom. The van der Waals surface area contributed by atoms with Gasteiger partial charge in [-0.2, -0.15) is 17.5 Å².